The predicted molar refractivity (Wildman–Crippen MR) is 80.4 cm³/mol. The second-order valence-corrected chi connectivity index (χ2v) is 4.81. The zero-order valence-corrected chi connectivity index (χ0v) is 11.4. The molecule has 4 heteroatoms. The average molecular weight is 281 g/mol. The molecule has 3 aromatic rings. The lowest BCUT2D eigenvalue weighted by molar-refractivity contribution is 0.0953. The van der Waals surface area contributed by atoms with Crippen LogP contribution in [0.15, 0.2) is 59.0 Å². The zero-order valence-electron chi connectivity index (χ0n) is 11.4. The fourth-order valence-corrected chi connectivity index (χ4v) is 2.21. The number of rotatable bonds is 4. The number of aromatic hydroxyl groups is 1. The Morgan fingerprint density at radius 2 is 1.95 bits per heavy atom. The number of hydrogen-bond donors (Lipinski definition) is 2. The van der Waals surface area contributed by atoms with Crippen LogP contribution in [-0.4, -0.2) is 17.6 Å². The van der Waals surface area contributed by atoms with Crippen molar-refractivity contribution in [1.29, 1.82) is 0 Å². The molecule has 4 nitrogen and oxygen atoms in total. The third kappa shape index (κ3) is 3.05. The van der Waals surface area contributed by atoms with Crippen LogP contribution in [-0.2, 0) is 6.42 Å². The topological polar surface area (TPSA) is 62.5 Å². The van der Waals surface area contributed by atoms with Gasteiger partial charge in [0.15, 0.2) is 0 Å². The number of fused-ring (bicyclic) bond motifs is 1. The quantitative estimate of drug-likeness (QED) is 0.772. The molecule has 0 saturated heterocycles. The van der Waals surface area contributed by atoms with Crippen molar-refractivity contribution in [2.24, 2.45) is 0 Å². The van der Waals surface area contributed by atoms with Crippen LogP contribution in [0.5, 0.6) is 5.75 Å². The Balaban J connectivity index is 1.59. The molecule has 0 spiro atoms. The van der Waals surface area contributed by atoms with E-state index in [1.165, 1.54) is 12.1 Å². The summed E-state index contributed by atoms with van der Waals surface area (Å²) in [4.78, 5) is 11.9. The molecular formula is C17H15NO3. The zero-order chi connectivity index (χ0) is 14.7. The summed E-state index contributed by atoms with van der Waals surface area (Å²) >= 11 is 0. The van der Waals surface area contributed by atoms with Crippen LogP contribution in [0.4, 0.5) is 0 Å². The SMILES string of the molecule is O=C(NCCc1cc2ccccc2o1)c1cccc(O)c1. The fraction of sp³-hybridized carbons (Fsp3) is 0.118. The van der Waals surface area contributed by atoms with E-state index >= 15 is 0 Å². The van der Waals surface area contributed by atoms with Crippen LogP contribution in [0.1, 0.15) is 16.1 Å². The first kappa shape index (κ1) is 13.2. The molecule has 2 N–H and O–H groups in total. The van der Waals surface area contributed by atoms with Gasteiger partial charge in [0.05, 0.1) is 0 Å². The minimum atomic E-state index is -0.206. The molecule has 1 amide bonds. The van der Waals surface area contributed by atoms with E-state index in [4.69, 9.17) is 4.42 Å². The highest BCUT2D eigenvalue weighted by molar-refractivity contribution is 5.94. The van der Waals surface area contributed by atoms with E-state index in [2.05, 4.69) is 5.32 Å². The average Bonchev–Trinajstić information content (AvgIpc) is 2.89. The van der Waals surface area contributed by atoms with Crippen molar-refractivity contribution in [2.45, 2.75) is 6.42 Å². The molecule has 106 valence electrons. The molecule has 0 atom stereocenters. The van der Waals surface area contributed by atoms with Crippen LogP contribution in [0.3, 0.4) is 0 Å². The predicted octanol–water partition coefficient (Wildman–Crippen LogP) is 3.11. The normalized spacial score (nSPS) is 10.7. The second-order valence-electron chi connectivity index (χ2n) is 4.81. The van der Waals surface area contributed by atoms with Crippen LogP contribution in [0.2, 0.25) is 0 Å². The van der Waals surface area contributed by atoms with Gasteiger partial charge in [0, 0.05) is 23.9 Å². The molecule has 1 aromatic heterocycles. The van der Waals surface area contributed by atoms with Gasteiger partial charge in [0.2, 0.25) is 0 Å². The largest absolute Gasteiger partial charge is 0.508 e. The number of para-hydroxylation sites is 1. The van der Waals surface area contributed by atoms with Gasteiger partial charge < -0.3 is 14.8 Å². The van der Waals surface area contributed by atoms with E-state index in [1.54, 1.807) is 12.1 Å². The van der Waals surface area contributed by atoms with Crippen LogP contribution in [0, 0.1) is 0 Å². The van der Waals surface area contributed by atoms with Crippen molar-refractivity contribution in [3.8, 4) is 5.75 Å². The van der Waals surface area contributed by atoms with Crippen molar-refractivity contribution in [3.05, 3.63) is 65.9 Å². The van der Waals surface area contributed by atoms with Crippen molar-refractivity contribution in [1.82, 2.24) is 5.32 Å². The van der Waals surface area contributed by atoms with E-state index in [9.17, 15) is 9.90 Å². The highest BCUT2D eigenvalue weighted by Crippen LogP contribution is 2.18. The first-order valence-corrected chi connectivity index (χ1v) is 6.77. The minimum Gasteiger partial charge on any atom is -0.508 e. The minimum absolute atomic E-state index is 0.0833. The Bertz CT molecular complexity index is 743. The van der Waals surface area contributed by atoms with Crippen molar-refractivity contribution < 1.29 is 14.3 Å². The lowest BCUT2D eigenvalue weighted by Gasteiger charge is -2.04. The first-order chi connectivity index (χ1) is 10.2. The van der Waals surface area contributed by atoms with Crippen LogP contribution >= 0.6 is 0 Å². The van der Waals surface area contributed by atoms with Crippen molar-refractivity contribution >= 4 is 16.9 Å². The lowest BCUT2D eigenvalue weighted by Crippen LogP contribution is -2.25. The van der Waals surface area contributed by atoms with E-state index in [0.717, 1.165) is 16.7 Å². The van der Waals surface area contributed by atoms with E-state index in [0.29, 0.717) is 18.5 Å². The second kappa shape index (κ2) is 5.71. The maximum atomic E-state index is 11.9. The number of furan rings is 1. The monoisotopic (exact) mass is 281 g/mol. The number of nitrogens with one attached hydrogen (secondary N) is 1. The molecule has 0 aliphatic carbocycles. The van der Waals surface area contributed by atoms with Crippen LogP contribution < -0.4 is 5.32 Å². The van der Waals surface area contributed by atoms with Gasteiger partial charge in [0.25, 0.3) is 5.91 Å². The molecule has 0 bridgehead atoms. The van der Waals surface area contributed by atoms with Gasteiger partial charge in [-0.3, -0.25) is 4.79 Å². The number of benzene rings is 2. The molecule has 21 heavy (non-hydrogen) atoms. The van der Waals surface area contributed by atoms with Crippen molar-refractivity contribution in [2.75, 3.05) is 6.54 Å². The summed E-state index contributed by atoms with van der Waals surface area (Å²) in [5, 5.41) is 13.2. The smallest absolute Gasteiger partial charge is 0.251 e. The Kier molecular flexibility index (Phi) is 3.60. The molecule has 0 aliphatic rings. The maximum Gasteiger partial charge on any atom is 0.251 e. The van der Waals surface area contributed by atoms with Gasteiger partial charge in [-0.25, -0.2) is 0 Å². The molecule has 0 radical (unpaired) electrons. The van der Waals surface area contributed by atoms with Gasteiger partial charge >= 0.3 is 0 Å². The van der Waals surface area contributed by atoms with Gasteiger partial charge in [-0.05, 0) is 30.3 Å². The number of carbonyl (C=O) groups excluding carboxylic acids is 1. The molecule has 0 aliphatic heterocycles. The summed E-state index contributed by atoms with van der Waals surface area (Å²) in [6, 6.07) is 16.1. The molecule has 1 heterocycles. The fourth-order valence-electron chi connectivity index (χ4n) is 2.21. The molecule has 0 unspecified atom stereocenters. The summed E-state index contributed by atoms with van der Waals surface area (Å²) < 4.78 is 5.68. The molecule has 2 aromatic carbocycles. The highest BCUT2D eigenvalue weighted by atomic mass is 16.3. The van der Waals surface area contributed by atoms with Gasteiger partial charge in [-0.2, -0.15) is 0 Å². The Morgan fingerprint density at radius 1 is 1.10 bits per heavy atom. The summed E-state index contributed by atoms with van der Waals surface area (Å²) in [5.74, 6) is 0.717. The molecule has 3 rings (SSSR count). The first-order valence-electron chi connectivity index (χ1n) is 6.77. The third-order valence-corrected chi connectivity index (χ3v) is 3.24. The summed E-state index contributed by atoms with van der Waals surface area (Å²) in [6.07, 6.45) is 0.624. The van der Waals surface area contributed by atoms with E-state index in [-0.39, 0.29) is 11.7 Å². The number of amides is 1. The number of phenolic OH excluding ortho intramolecular Hbond substituents is 1. The number of hydrogen-bond acceptors (Lipinski definition) is 3. The number of carbonyl (C=O) groups is 1. The van der Waals surface area contributed by atoms with Gasteiger partial charge in [-0.1, -0.05) is 24.3 Å². The highest BCUT2D eigenvalue weighted by Gasteiger charge is 2.07. The standard InChI is InChI=1S/C17H15NO3/c19-14-6-3-5-13(10-14)17(20)18-9-8-15-11-12-4-1-2-7-16(12)21-15/h1-7,10-11,19H,8-9H2,(H,18,20). The summed E-state index contributed by atoms with van der Waals surface area (Å²) in [6.45, 7) is 0.480. The summed E-state index contributed by atoms with van der Waals surface area (Å²) in [7, 11) is 0. The van der Waals surface area contributed by atoms with E-state index in [1.807, 2.05) is 30.3 Å². The Labute approximate surface area is 122 Å². The summed E-state index contributed by atoms with van der Waals surface area (Å²) in [5.41, 5.74) is 1.30. The van der Waals surface area contributed by atoms with Crippen molar-refractivity contribution in [3.63, 3.8) is 0 Å². The Morgan fingerprint density at radius 3 is 2.76 bits per heavy atom. The lowest BCUT2D eigenvalue weighted by atomic mass is 10.2. The maximum absolute atomic E-state index is 11.9. The Hall–Kier alpha value is -2.75. The van der Waals surface area contributed by atoms with E-state index < -0.39 is 0 Å². The third-order valence-electron chi connectivity index (χ3n) is 3.24. The molecule has 0 fully saturated rings. The molecule has 0 saturated carbocycles. The van der Waals surface area contributed by atoms with Gasteiger partial charge in [-0.15, -0.1) is 0 Å². The molecular weight excluding hydrogens is 266 g/mol. The van der Waals surface area contributed by atoms with Crippen LogP contribution in [0.25, 0.3) is 11.0 Å². The van der Waals surface area contributed by atoms with Gasteiger partial charge in [0.1, 0.15) is 17.1 Å². The number of phenols is 1.